The minimum atomic E-state index is -1.07. The summed E-state index contributed by atoms with van der Waals surface area (Å²) in [7, 11) is 0.645. The third-order valence-electron chi connectivity index (χ3n) is 9.19. The molecule has 0 aromatic heterocycles. The van der Waals surface area contributed by atoms with E-state index in [1.54, 1.807) is 7.05 Å². The van der Waals surface area contributed by atoms with Crippen molar-refractivity contribution in [2.45, 2.75) is 64.0 Å². The molecular weight excluding hydrogens is 568 g/mol. The van der Waals surface area contributed by atoms with Crippen molar-refractivity contribution in [3.63, 3.8) is 0 Å². The summed E-state index contributed by atoms with van der Waals surface area (Å²) in [5.74, 6) is 1.64. The topological polar surface area (TPSA) is 75.7 Å². The van der Waals surface area contributed by atoms with E-state index < -0.39 is 11.0 Å². The van der Waals surface area contributed by atoms with Gasteiger partial charge in [-0.15, -0.1) is 0 Å². The Morgan fingerprint density at radius 2 is 1.98 bits per heavy atom. The van der Waals surface area contributed by atoms with Crippen LogP contribution >= 0.6 is 11.6 Å². The standard InChI is InChI=1S/C34H45ClN2O4S/c1-5-7-26-17-30(35)12-14-31(26)29-19-37(33-16-25(20-38)10-15-34(33)41-22-29)18-27-11-13-32(27)28(21-39)9-6-8-23(2)24(3)42(40)36-4/h6,9-10,12,14-17,20-21,23-24,27-29,32,36H,5,7-8,11,13,18-19,22H2,1-4H3/b9-6+. The Bertz CT molecular complexity index is 1280. The van der Waals surface area contributed by atoms with E-state index >= 15 is 0 Å². The van der Waals surface area contributed by atoms with Crippen molar-refractivity contribution >= 4 is 40.8 Å². The number of aryl methyl sites for hydroxylation is 1. The van der Waals surface area contributed by atoms with Crippen LogP contribution in [0.1, 0.15) is 73.9 Å². The molecule has 2 aromatic rings. The van der Waals surface area contributed by atoms with Gasteiger partial charge in [-0.1, -0.05) is 50.1 Å². The van der Waals surface area contributed by atoms with Gasteiger partial charge in [-0.25, -0.2) is 8.93 Å². The van der Waals surface area contributed by atoms with Crippen molar-refractivity contribution in [3.05, 3.63) is 70.3 Å². The number of rotatable bonds is 14. The molecule has 228 valence electrons. The summed E-state index contributed by atoms with van der Waals surface area (Å²) in [4.78, 5) is 26.3. The van der Waals surface area contributed by atoms with Gasteiger partial charge < -0.3 is 14.4 Å². The number of allylic oxidation sites excluding steroid dienone is 2. The maximum atomic E-state index is 12.2. The lowest BCUT2D eigenvalue weighted by atomic mass is 9.67. The van der Waals surface area contributed by atoms with Crippen LogP contribution in [0.15, 0.2) is 48.6 Å². The molecule has 1 saturated carbocycles. The molecule has 0 spiro atoms. The normalized spacial score (nSPS) is 23.2. The molecular formula is C34H45ClN2O4S. The number of benzene rings is 2. The fourth-order valence-corrected chi connectivity index (χ4v) is 7.44. The monoisotopic (exact) mass is 612 g/mol. The minimum absolute atomic E-state index is 0.0267. The highest BCUT2D eigenvalue weighted by molar-refractivity contribution is 7.83. The van der Waals surface area contributed by atoms with Gasteiger partial charge in [0.15, 0.2) is 0 Å². The molecule has 8 heteroatoms. The molecule has 1 aliphatic heterocycles. The quantitative estimate of drug-likeness (QED) is 0.188. The summed E-state index contributed by atoms with van der Waals surface area (Å²) in [5, 5.41) is 0.774. The lowest BCUT2D eigenvalue weighted by Crippen LogP contribution is -2.42. The highest BCUT2D eigenvalue weighted by Gasteiger charge is 2.38. The number of aldehydes is 2. The Morgan fingerprint density at radius 3 is 2.64 bits per heavy atom. The van der Waals surface area contributed by atoms with Crippen LogP contribution in [0, 0.1) is 23.7 Å². The molecule has 1 aliphatic carbocycles. The van der Waals surface area contributed by atoms with E-state index in [9.17, 15) is 13.8 Å². The van der Waals surface area contributed by atoms with Gasteiger partial charge in [0.25, 0.3) is 0 Å². The average molecular weight is 613 g/mol. The number of nitrogens with one attached hydrogen (secondary N) is 1. The van der Waals surface area contributed by atoms with Gasteiger partial charge in [-0.3, -0.25) is 4.79 Å². The highest BCUT2D eigenvalue weighted by Crippen LogP contribution is 2.43. The third kappa shape index (κ3) is 7.72. The number of hydrogen-bond donors (Lipinski definition) is 1. The lowest BCUT2D eigenvalue weighted by molar-refractivity contribution is -0.112. The van der Waals surface area contributed by atoms with Gasteiger partial charge in [0.1, 0.15) is 18.3 Å². The largest absolute Gasteiger partial charge is 0.491 e. The second-order valence-electron chi connectivity index (χ2n) is 11.9. The predicted octanol–water partition coefficient (Wildman–Crippen LogP) is 6.78. The number of nitrogens with zero attached hydrogens (tertiary/aromatic N) is 1. The summed E-state index contributed by atoms with van der Waals surface area (Å²) in [6.07, 6.45) is 11.0. The minimum Gasteiger partial charge on any atom is -0.491 e. The van der Waals surface area contributed by atoms with Crippen LogP contribution in [-0.4, -0.2) is 48.8 Å². The molecule has 1 N–H and O–H groups in total. The van der Waals surface area contributed by atoms with E-state index in [4.69, 9.17) is 16.3 Å². The Kier molecular flexibility index (Phi) is 11.8. The highest BCUT2D eigenvalue weighted by atomic mass is 35.5. The predicted molar refractivity (Wildman–Crippen MR) is 173 cm³/mol. The number of carbonyl (C=O) groups is 2. The van der Waals surface area contributed by atoms with Crippen molar-refractivity contribution in [2.24, 2.45) is 23.7 Å². The third-order valence-corrected chi connectivity index (χ3v) is 11.0. The van der Waals surface area contributed by atoms with E-state index in [2.05, 4.69) is 47.8 Å². The number of carbonyl (C=O) groups excluding carboxylic acids is 2. The molecule has 42 heavy (non-hydrogen) atoms. The second-order valence-corrected chi connectivity index (χ2v) is 14.1. The molecule has 2 aliphatic rings. The summed E-state index contributed by atoms with van der Waals surface area (Å²) >= 11 is 6.38. The zero-order chi connectivity index (χ0) is 30.2. The first-order chi connectivity index (χ1) is 20.3. The molecule has 4 rings (SSSR count). The van der Waals surface area contributed by atoms with Gasteiger partial charge in [0.2, 0.25) is 0 Å². The first-order valence-electron chi connectivity index (χ1n) is 15.2. The number of ether oxygens (including phenoxy) is 1. The van der Waals surface area contributed by atoms with Crippen LogP contribution in [0.25, 0.3) is 0 Å². The molecule has 0 saturated heterocycles. The molecule has 6 nitrogen and oxygen atoms in total. The molecule has 1 fully saturated rings. The summed E-state index contributed by atoms with van der Waals surface area (Å²) in [6, 6.07) is 11.8. The maximum Gasteiger partial charge on any atom is 0.150 e. The van der Waals surface area contributed by atoms with Crippen molar-refractivity contribution in [3.8, 4) is 5.75 Å². The smallest absolute Gasteiger partial charge is 0.150 e. The first kappa shape index (κ1) is 32.4. The number of fused-ring (bicyclic) bond motifs is 1. The lowest BCUT2D eigenvalue weighted by Gasteiger charge is -2.43. The van der Waals surface area contributed by atoms with Crippen LogP contribution < -0.4 is 14.4 Å². The molecule has 2 aromatic carbocycles. The van der Waals surface area contributed by atoms with Crippen LogP contribution in [-0.2, 0) is 22.2 Å². The van der Waals surface area contributed by atoms with E-state index in [-0.39, 0.29) is 28.9 Å². The van der Waals surface area contributed by atoms with E-state index in [1.807, 2.05) is 31.2 Å². The van der Waals surface area contributed by atoms with Gasteiger partial charge in [-0.2, -0.15) is 0 Å². The van der Waals surface area contributed by atoms with Crippen LogP contribution in [0.2, 0.25) is 5.02 Å². The van der Waals surface area contributed by atoms with E-state index in [0.29, 0.717) is 18.1 Å². The maximum absolute atomic E-state index is 12.2. The SMILES string of the molecule is CCCc1cc(Cl)ccc1C1COc2ccc(C=O)cc2N(CC2CCC2C(C=O)/C=C/CC(C)C(C)S(=O)NC)C1. The van der Waals surface area contributed by atoms with Gasteiger partial charge >= 0.3 is 0 Å². The molecule has 1 heterocycles. The second kappa shape index (κ2) is 15.3. The van der Waals surface area contributed by atoms with Crippen LogP contribution in [0.5, 0.6) is 5.75 Å². The molecule has 7 atom stereocenters. The molecule has 0 radical (unpaired) electrons. The number of anilines is 1. The van der Waals surface area contributed by atoms with Crippen LogP contribution in [0.3, 0.4) is 0 Å². The average Bonchev–Trinajstić information content (AvgIpc) is 3.16. The summed E-state index contributed by atoms with van der Waals surface area (Å²) in [5.41, 5.74) is 4.08. The van der Waals surface area contributed by atoms with Gasteiger partial charge in [0, 0.05) is 40.8 Å². The zero-order valence-corrected chi connectivity index (χ0v) is 26.8. The van der Waals surface area contributed by atoms with Crippen molar-refractivity contribution < 1.29 is 18.5 Å². The van der Waals surface area contributed by atoms with Crippen LogP contribution in [0.4, 0.5) is 5.69 Å². The number of hydrogen-bond acceptors (Lipinski definition) is 5. The summed E-state index contributed by atoms with van der Waals surface area (Å²) in [6.45, 7) is 8.37. The molecule has 7 unspecified atom stereocenters. The van der Waals surface area contributed by atoms with E-state index in [1.165, 1.54) is 11.1 Å². The zero-order valence-electron chi connectivity index (χ0n) is 25.3. The Morgan fingerprint density at radius 1 is 1.17 bits per heavy atom. The Labute approximate surface area is 258 Å². The first-order valence-corrected chi connectivity index (χ1v) is 16.8. The molecule has 0 amide bonds. The van der Waals surface area contributed by atoms with Gasteiger partial charge in [0.05, 0.1) is 23.3 Å². The van der Waals surface area contributed by atoms with Gasteiger partial charge in [-0.05, 0) is 98.9 Å². The fraction of sp³-hybridized carbons (Fsp3) is 0.529. The Hall–Kier alpha value is -2.48. The number of halogens is 1. The molecule has 0 bridgehead atoms. The van der Waals surface area contributed by atoms with E-state index in [0.717, 1.165) is 74.2 Å². The fourth-order valence-electron chi connectivity index (χ4n) is 6.34. The van der Waals surface area contributed by atoms with Crippen molar-refractivity contribution in [1.29, 1.82) is 0 Å². The van der Waals surface area contributed by atoms with Crippen molar-refractivity contribution in [1.82, 2.24) is 4.72 Å². The Balaban J connectivity index is 1.54. The summed E-state index contributed by atoms with van der Waals surface area (Å²) < 4.78 is 21.3. The van der Waals surface area contributed by atoms with Crippen molar-refractivity contribution in [2.75, 3.05) is 31.6 Å².